The van der Waals surface area contributed by atoms with Gasteiger partial charge in [-0.3, -0.25) is 10.1 Å². The number of hydrogen-bond acceptors (Lipinski definition) is 4. The van der Waals surface area contributed by atoms with E-state index in [9.17, 15) is 4.21 Å². The van der Waals surface area contributed by atoms with Gasteiger partial charge >= 0.3 is 0 Å². The highest BCUT2D eigenvalue weighted by Gasteiger charge is 2.06. The number of nitrogens with one attached hydrogen (secondary N) is 1. The van der Waals surface area contributed by atoms with Gasteiger partial charge in [-0.1, -0.05) is 12.1 Å². The summed E-state index contributed by atoms with van der Waals surface area (Å²) in [6.45, 7) is 2.60. The molecule has 0 amide bonds. The van der Waals surface area contributed by atoms with Crippen LogP contribution >= 0.6 is 0 Å². The van der Waals surface area contributed by atoms with Gasteiger partial charge in [0.25, 0.3) is 0 Å². The zero-order valence-electron chi connectivity index (χ0n) is 14.3. The molecule has 0 aliphatic heterocycles. The Bertz CT molecular complexity index is 1010. The van der Waals surface area contributed by atoms with Gasteiger partial charge in [-0.05, 0) is 48.7 Å². The minimum atomic E-state index is -2.67. The van der Waals surface area contributed by atoms with Gasteiger partial charge in [0.2, 0.25) is 0 Å². The largest absolute Gasteiger partial charge is 0.497 e. The fourth-order valence-electron chi connectivity index (χ4n) is 2.65. The molecule has 3 N–H and O–H groups in total. The molecule has 0 bridgehead atoms. The maximum absolute atomic E-state index is 11.7. The van der Waals surface area contributed by atoms with Gasteiger partial charge in [-0.25, -0.2) is 4.21 Å². The van der Waals surface area contributed by atoms with Crippen LogP contribution in [0.5, 0.6) is 5.75 Å². The average Bonchev–Trinajstić information content (AvgIpc) is 2.58. The van der Waals surface area contributed by atoms with Crippen LogP contribution in [0.4, 0.5) is 5.69 Å². The first-order valence-electron chi connectivity index (χ1n) is 7.80. The predicted octanol–water partition coefficient (Wildman–Crippen LogP) is 3.11. The van der Waals surface area contributed by atoms with Crippen molar-refractivity contribution in [2.24, 2.45) is 5.14 Å². The minimum absolute atomic E-state index is 0.550. The lowest BCUT2D eigenvalue weighted by Gasteiger charge is -2.12. The first kappa shape index (κ1) is 17.3. The summed E-state index contributed by atoms with van der Waals surface area (Å²) in [7, 11) is -1.02. The number of nitrogens with zero attached hydrogens (tertiary/aromatic N) is 1. The third kappa shape index (κ3) is 3.92. The molecule has 3 rings (SSSR count). The summed E-state index contributed by atoms with van der Waals surface area (Å²) in [4.78, 5) is 5.12. The molecule has 0 saturated carbocycles. The molecule has 0 aliphatic carbocycles. The van der Waals surface area contributed by atoms with E-state index in [2.05, 4.69) is 16.2 Å². The van der Waals surface area contributed by atoms with E-state index in [-0.39, 0.29) is 0 Å². The number of rotatable bonds is 5. The number of pyridine rings is 1. The fraction of sp³-hybridized carbons (Fsp3) is 0.158. The maximum atomic E-state index is 11.7. The van der Waals surface area contributed by atoms with Gasteiger partial charge in [0, 0.05) is 34.3 Å². The van der Waals surface area contributed by atoms with Crippen molar-refractivity contribution in [2.45, 2.75) is 18.4 Å². The number of methoxy groups -OCH3 is 1. The lowest BCUT2D eigenvalue weighted by atomic mass is 10.1. The van der Waals surface area contributed by atoms with Crippen molar-refractivity contribution >= 4 is 32.2 Å². The highest BCUT2D eigenvalue weighted by molar-refractivity contribution is 7.98. The Balaban J connectivity index is 1.85. The van der Waals surface area contributed by atoms with E-state index in [0.29, 0.717) is 11.4 Å². The summed E-state index contributed by atoms with van der Waals surface area (Å²) in [6, 6.07) is 15.2. The molecule has 25 heavy (non-hydrogen) atoms. The number of hydrogen-bond donors (Lipinski definition) is 2. The van der Waals surface area contributed by atoms with E-state index in [1.165, 1.54) is 0 Å². The summed E-state index contributed by atoms with van der Waals surface area (Å²) < 4.78 is 17.0. The second-order valence-corrected chi connectivity index (χ2v) is 7.84. The van der Waals surface area contributed by atoms with Crippen LogP contribution in [-0.2, 0) is 16.3 Å². The Morgan fingerprint density at radius 2 is 1.92 bits per heavy atom. The number of fused-ring (bicyclic) bond motifs is 1. The van der Waals surface area contributed by atoms with Gasteiger partial charge in [0.15, 0.2) is 0 Å². The lowest BCUT2D eigenvalue weighted by molar-refractivity contribution is 0.415. The standard InChI is InChI=1S/C19H21N3O2S/c1-13-10-18(17-9-6-15(24-2)11-19(17)22-13)21-12-14-4-7-16(8-5-14)25(3,20)23/h4-11H,3,12H2,1-2H3,(H2,20,23)(H,21,22). The van der Waals surface area contributed by atoms with Crippen LogP contribution in [0.1, 0.15) is 11.3 Å². The summed E-state index contributed by atoms with van der Waals surface area (Å²) in [5.74, 6) is 4.28. The summed E-state index contributed by atoms with van der Waals surface area (Å²) in [5, 5.41) is 10.0. The molecule has 1 heterocycles. The third-order valence-electron chi connectivity index (χ3n) is 3.95. The Labute approximate surface area is 148 Å². The normalized spacial score (nSPS) is 13.4. The van der Waals surface area contributed by atoms with Crippen LogP contribution in [0.25, 0.3) is 10.9 Å². The summed E-state index contributed by atoms with van der Waals surface area (Å²) >= 11 is 0. The van der Waals surface area contributed by atoms with Crippen LogP contribution in [0.15, 0.2) is 53.4 Å². The van der Waals surface area contributed by atoms with Gasteiger partial charge in [-0.15, -0.1) is 0 Å². The van der Waals surface area contributed by atoms with Crippen molar-refractivity contribution in [3.63, 3.8) is 0 Å². The number of aryl methyl sites for hydroxylation is 1. The molecule has 130 valence electrons. The molecular weight excluding hydrogens is 334 g/mol. The molecule has 1 aromatic heterocycles. The van der Waals surface area contributed by atoms with Crippen LogP contribution < -0.4 is 15.2 Å². The molecule has 5 nitrogen and oxygen atoms in total. The maximum Gasteiger partial charge on any atom is 0.121 e. The molecule has 3 aromatic rings. The van der Waals surface area contributed by atoms with Gasteiger partial charge in [0.1, 0.15) is 5.75 Å². The van der Waals surface area contributed by atoms with E-state index in [1.807, 2.05) is 43.3 Å². The van der Waals surface area contributed by atoms with E-state index in [0.717, 1.165) is 33.6 Å². The van der Waals surface area contributed by atoms with E-state index < -0.39 is 9.71 Å². The Kier molecular flexibility index (Phi) is 4.65. The van der Waals surface area contributed by atoms with E-state index >= 15 is 0 Å². The number of aromatic nitrogens is 1. The molecule has 0 spiro atoms. The van der Waals surface area contributed by atoms with Crippen LogP contribution in [-0.4, -0.2) is 22.2 Å². The number of benzene rings is 2. The lowest BCUT2D eigenvalue weighted by Crippen LogP contribution is -2.11. The molecule has 0 fully saturated rings. The van der Waals surface area contributed by atoms with Crippen molar-refractivity contribution in [3.8, 4) is 5.75 Å². The topological polar surface area (TPSA) is 77.2 Å². The fourth-order valence-corrected chi connectivity index (χ4v) is 3.25. The first-order valence-corrected chi connectivity index (χ1v) is 9.59. The molecule has 0 aliphatic rings. The highest BCUT2D eigenvalue weighted by atomic mass is 32.2. The number of nitrogens with two attached hydrogens (primary N) is 1. The van der Waals surface area contributed by atoms with Crippen molar-refractivity contribution < 1.29 is 8.95 Å². The average molecular weight is 355 g/mol. The Morgan fingerprint density at radius 3 is 2.56 bits per heavy atom. The first-order chi connectivity index (χ1) is 11.9. The second kappa shape index (κ2) is 6.74. The van der Waals surface area contributed by atoms with Crippen molar-refractivity contribution in [2.75, 3.05) is 12.4 Å². The van der Waals surface area contributed by atoms with Crippen molar-refractivity contribution in [1.29, 1.82) is 0 Å². The Morgan fingerprint density at radius 1 is 1.20 bits per heavy atom. The summed E-state index contributed by atoms with van der Waals surface area (Å²) in [5.41, 5.74) is 3.88. The quantitative estimate of drug-likeness (QED) is 0.690. The number of anilines is 1. The Hall–Kier alpha value is -2.57. The zero-order chi connectivity index (χ0) is 18.0. The molecule has 6 heteroatoms. The van der Waals surface area contributed by atoms with Gasteiger partial charge < -0.3 is 10.1 Å². The third-order valence-corrected chi connectivity index (χ3v) is 5.02. The van der Waals surface area contributed by atoms with Crippen LogP contribution in [0.2, 0.25) is 0 Å². The van der Waals surface area contributed by atoms with Crippen LogP contribution in [0, 0.1) is 6.92 Å². The van der Waals surface area contributed by atoms with Crippen molar-refractivity contribution in [1.82, 2.24) is 4.98 Å². The van der Waals surface area contributed by atoms with E-state index in [1.54, 1.807) is 19.2 Å². The highest BCUT2D eigenvalue weighted by Crippen LogP contribution is 2.27. The van der Waals surface area contributed by atoms with Crippen molar-refractivity contribution in [3.05, 3.63) is 59.8 Å². The smallest absolute Gasteiger partial charge is 0.121 e. The summed E-state index contributed by atoms with van der Waals surface area (Å²) in [6.07, 6.45) is 0. The second-order valence-electron chi connectivity index (χ2n) is 5.92. The zero-order valence-corrected chi connectivity index (χ0v) is 15.1. The van der Waals surface area contributed by atoms with Gasteiger partial charge in [-0.2, -0.15) is 0 Å². The van der Waals surface area contributed by atoms with Crippen LogP contribution in [0.3, 0.4) is 0 Å². The predicted molar refractivity (Wildman–Crippen MR) is 105 cm³/mol. The monoisotopic (exact) mass is 355 g/mol. The molecule has 1 unspecified atom stereocenters. The molecule has 1 atom stereocenters. The molecule has 0 saturated heterocycles. The molecule has 2 aromatic carbocycles. The molecule has 0 radical (unpaired) electrons. The minimum Gasteiger partial charge on any atom is -0.497 e. The molecular formula is C19H21N3O2S. The SMILES string of the molecule is C=S(N)(=O)c1ccc(CNc2cc(C)nc3cc(OC)ccc23)cc1. The number of ether oxygens (including phenoxy) is 1. The van der Waals surface area contributed by atoms with E-state index in [4.69, 9.17) is 9.88 Å². The van der Waals surface area contributed by atoms with Gasteiger partial charge in [0.05, 0.1) is 22.3 Å².